The van der Waals surface area contributed by atoms with E-state index in [1.54, 1.807) is 12.1 Å². The Morgan fingerprint density at radius 1 is 1.30 bits per heavy atom. The molecule has 8 heteroatoms. The standard InChI is InChI=1S/C12H12N2O5S/c1-8-12(20(2,17)18)13-11(19-8)7-9-3-5-10(6-4-9)14(15)16/h3-6H,7H2,1-2H3. The molecule has 0 N–H and O–H groups in total. The molecule has 0 spiro atoms. The number of benzene rings is 1. The van der Waals surface area contributed by atoms with Crippen LogP contribution in [0.5, 0.6) is 0 Å². The summed E-state index contributed by atoms with van der Waals surface area (Å²) in [6.07, 6.45) is 1.34. The monoisotopic (exact) mass is 296 g/mol. The van der Waals surface area contributed by atoms with Gasteiger partial charge in [-0.3, -0.25) is 10.1 Å². The van der Waals surface area contributed by atoms with Crippen LogP contribution < -0.4 is 0 Å². The van der Waals surface area contributed by atoms with Gasteiger partial charge in [-0.25, -0.2) is 13.4 Å². The van der Waals surface area contributed by atoms with Crippen LogP contribution in [0.25, 0.3) is 0 Å². The van der Waals surface area contributed by atoms with E-state index < -0.39 is 14.8 Å². The summed E-state index contributed by atoms with van der Waals surface area (Å²) in [6.45, 7) is 1.53. The number of nitrogens with zero attached hydrogens (tertiary/aromatic N) is 2. The van der Waals surface area contributed by atoms with Crippen LogP contribution in [0.4, 0.5) is 5.69 Å². The third kappa shape index (κ3) is 3.02. The maximum absolute atomic E-state index is 11.4. The van der Waals surface area contributed by atoms with E-state index >= 15 is 0 Å². The normalized spacial score (nSPS) is 11.5. The Hall–Kier alpha value is -2.22. The molecule has 0 aliphatic carbocycles. The van der Waals surface area contributed by atoms with Gasteiger partial charge < -0.3 is 4.42 Å². The van der Waals surface area contributed by atoms with E-state index in [0.717, 1.165) is 11.8 Å². The number of hydrogen-bond donors (Lipinski definition) is 0. The Balaban J connectivity index is 2.25. The van der Waals surface area contributed by atoms with Gasteiger partial charge in [0, 0.05) is 24.8 Å². The van der Waals surface area contributed by atoms with Crippen molar-refractivity contribution in [1.82, 2.24) is 4.98 Å². The van der Waals surface area contributed by atoms with Gasteiger partial charge in [0.25, 0.3) is 5.69 Å². The molecule has 1 aromatic carbocycles. The average molecular weight is 296 g/mol. The summed E-state index contributed by atoms with van der Waals surface area (Å²) >= 11 is 0. The molecule has 0 amide bonds. The zero-order valence-electron chi connectivity index (χ0n) is 10.9. The van der Waals surface area contributed by atoms with Crippen LogP contribution in [-0.4, -0.2) is 24.6 Å². The summed E-state index contributed by atoms with van der Waals surface area (Å²) in [4.78, 5) is 14.0. The van der Waals surface area contributed by atoms with E-state index in [-0.39, 0.29) is 28.8 Å². The Morgan fingerprint density at radius 3 is 2.35 bits per heavy atom. The van der Waals surface area contributed by atoms with Crippen molar-refractivity contribution in [2.24, 2.45) is 0 Å². The largest absolute Gasteiger partial charge is 0.444 e. The van der Waals surface area contributed by atoms with Crippen molar-refractivity contribution >= 4 is 15.5 Å². The summed E-state index contributed by atoms with van der Waals surface area (Å²) in [6, 6.07) is 5.92. The second-order valence-corrected chi connectivity index (χ2v) is 6.27. The molecule has 0 aliphatic heterocycles. The SMILES string of the molecule is Cc1oc(Cc2ccc([N+](=O)[O-])cc2)nc1S(C)(=O)=O. The van der Waals surface area contributed by atoms with E-state index in [4.69, 9.17) is 4.42 Å². The van der Waals surface area contributed by atoms with E-state index in [9.17, 15) is 18.5 Å². The fraction of sp³-hybridized carbons (Fsp3) is 0.250. The second-order valence-electron chi connectivity index (χ2n) is 4.34. The molecule has 1 heterocycles. The highest BCUT2D eigenvalue weighted by Crippen LogP contribution is 2.19. The molecule has 106 valence electrons. The lowest BCUT2D eigenvalue weighted by molar-refractivity contribution is -0.384. The number of aryl methyl sites for hydroxylation is 1. The maximum Gasteiger partial charge on any atom is 0.269 e. The molecule has 7 nitrogen and oxygen atoms in total. The van der Waals surface area contributed by atoms with Gasteiger partial charge in [-0.1, -0.05) is 12.1 Å². The van der Waals surface area contributed by atoms with Crippen molar-refractivity contribution in [3.63, 3.8) is 0 Å². The minimum Gasteiger partial charge on any atom is -0.444 e. The zero-order chi connectivity index (χ0) is 14.9. The lowest BCUT2D eigenvalue weighted by atomic mass is 10.1. The molecule has 0 fully saturated rings. The number of rotatable bonds is 4. The summed E-state index contributed by atoms with van der Waals surface area (Å²) in [7, 11) is -3.42. The van der Waals surface area contributed by atoms with Crippen LogP contribution in [-0.2, 0) is 16.3 Å². The van der Waals surface area contributed by atoms with Crippen molar-refractivity contribution < 1.29 is 17.8 Å². The number of non-ortho nitro benzene ring substituents is 1. The molecular weight excluding hydrogens is 284 g/mol. The van der Waals surface area contributed by atoms with E-state index in [1.165, 1.54) is 19.1 Å². The summed E-state index contributed by atoms with van der Waals surface area (Å²) < 4.78 is 28.2. The predicted molar refractivity (Wildman–Crippen MR) is 70.3 cm³/mol. The first-order valence-corrected chi connectivity index (χ1v) is 7.56. The van der Waals surface area contributed by atoms with Gasteiger partial charge in [-0.15, -0.1) is 0 Å². The fourth-order valence-electron chi connectivity index (χ4n) is 1.76. The lowest BCUT2D eigenvalue weighted by Crippen LogP contribution is -1.99. The number of nitro benzene ring substituents is 1. The molecule has 2 aromatic rings. The maximum atomic E-state index is 11.4. The van der Waals surface area contributed by atoms with E-state index in [1.807, 2.05) is 0 Å². The van der Waals surface area contributed by atoms with Gasteiger partial charge >= 0.3 is 0 Å². The number of aromatic nitrogens is 1. The summed E-state index contributed by atoms with van der Waals surface area (Å²) in [5.74, 6) is 0.501. The second kappa shape index (κ2) is 5.04. The topological polar surface area (TPSA) is 103 Å². The Morgan fingerprint density at radius 2 is 1.90 bits per heavy atom. The van der Waals surface area contributed by atoms with Crippen LogP contribution in [0.15, 0.2) is 33.7 Å². The van der Waals surface area contributed by atoms with Crippen LogP contribution in [0, 0.1) is 17.0 Å². The van der Waals surface area contributed by atoms with Crippen molar-refractivity contribution in [2.45, 2.75) is 18.4 Å². The van der Waals surface area contributed by atoms with Gasteiger partial charge in [0.2, 0.25) is 0 Å². The third-order valence-corrected chi connectivity index (χ3v) is 3.73. The molecule has 0 unspecified atom stereocenters. The van der Waals surface area contributed by atoms with Crippen LogP contribution >= 0.6 is 0 Å². The summed E-state index contributed by atoms with van der Waals surface area (Å²) in [5.41, 5.74) is 0.742. The highest BCUT2D eigenvalue weighted by Gasteiger charge is 2.19. The first kappa shape index (κ1) is 14.2. The number of hydrogen-bond acceptors (Lipinski definition) is 6. The quantitative estimate of drug-likeness (QED) is 0.630. The van der Waals surface area contributed by atoms with Crippen molar-refractivity contribution in [3.05, 3.63) is 51.6 Å². The Labute approximate surface area is 115 Å². The number of sulfone groups is 1. The molecule has 0 saturated heterocycles. The molecule has 20 heavy (non-hydrogen) atoms. The van der Waals surface area contributed by atoms with Gasteiger partial charge in [0.05, 0.1) is 4.92 Å². The molecule has 0 atom stereocenters. The van der Waals surface area contributed by atoms with Crippen LogP contribution in [0.2, 0.25) is 0 Å². The molecule has 1 aromatic heterocycles. The molecule has 0 saturated carbocycles. The molecule has 0 radical (unpaired) electrons. The van der Waals surface area contributed by atoms with Crippen LogP contribution in [0.3, 0.4) is 0 Å². The van der Waals surface area contributed by atoms with Crippen molar-refractivity contribution in [3.8, 4) is 0 Å². The zero-order valence-corrected chi connectivity index (χ0v) is 11.7. The van der Waals surface area contributed by atoms with E-state index in [0.29, 0.717) is 0 Å². The number of nitro groups is 1. The van der Waals surface area contributed by atoms with E-state index in [2.05, 4.69) is 4.98 Å². The highest BCUT2D eigenvalue weighted by atomic mass is 32.2. The van der Waals surface area contributed by atoms with Gasteiger partial charge in [0.15, 0.2) is 20.8 Å². The minimum absolute atomic E-state index is 0.00541. The molecule has 2 rings (SSSR count). The third-order valence-electron chi connectivity index (χ3n) is 2.65. The Bertz CT molecular complexity index is 747. The lowest BCUT2D eigenvalue weighted by Gasteiger charge is -1.96. The van der Waals surface area contributed by atoms with Gasteiger partial charge in [-0.05, 0) is 12.5 Å². The predicted octanol–water partition coefficient (Wildman–Crippen LogP) is 1.89. The Kier molecular flexibility index (Phi) is 3.58. The van der Waals surface area contributed by atoms with Gasteiger partial charge in [0.1, 0.15) is 5.76 Å². The van der Waals surface area contributed by atoms with Crippen LogP contribution in [0.1, 0.15) is 17.2 Å². The molecule has 0 bridgehead atoms. The summed E-state index contributed by atoms with van der Waals surface area (Å²) in [5, 5.41) is 10.5. The smallest absolute Gasteiger partial charge is 0.269 e. The highest BCUT2D eigenvalue weighted by molar-refractivity contribution is 7.90. The van der Waals surface area contributed by atoms with Crippen molar-refractivity contribution in [2.75, 3.05) is 6.26 Å². The average Bonchev–Trinajstić information content (AvgIpc) is 2.70. The minimum atomic E-state index is -3.42. The fourth-order valence-corrected chi connectivity index (χ4v) is 2.60. The molecular formula is C12H12N2O5S. The van der Waals surface area contributed by atoms with Crippen molar-refractivity contribution in [1.29, 1.82) is 0 Å². The first-order chi connectivity index (χ1) is 9.27. The van der Waals surface area contributed by atoms with Gasteiger partial charge in [-0.2, -0.15) is 0 Å². The first-order valence-electron chi connectivity index (χ1n) is 5.67. The number of oxazole rings is 1. The molecule has 0 aliphatic rings.